The molecule has 0 aliphatic heterocycles. The maximum absolute atomic E-state index is 14.2. The lowest BCUT2D eigenvalue weighted by Crippen LogP contribution is -2.47. The molecule has 3 aromatic rings. The molecule has 1 fully saturated rings. The molecule has 2 amide bonds. The van der Waals surface area contributed by atoms with Gasteiger partial charge in [0.2, 0.25) is 11.8 Å². The number of amides is 2. The monoisotopic (exact) mass is 484 g/mol. The zero-order valence-corrected chi connectivity index (χ0v) is 19.7. The van der Waals surface area contributed by atoms with Crippen LogP contribution in [0.25, 0.3) is 0 Å². The second-order valence-corrected chi connectivity index (χ2v) is 9.77. The molecule has 7 heteroatoms. The maximum Gasteiger partial charge on any atom is 0.248 e. The molecule has 1 heterocycles. The first-order valence-electron chi connectivity index (χ1n) is 11.2. The second kappa shape index (κ2) is 10.9. The van der Waals surface area contributed by atoms with Gasteiger partial charge < -0.3 is 5.32 Å². The Morgan fingerprint density at radius 3 is 2.48 bits per heavy atom. The Morgan fingerprint density at radius 1 is 1.06 bits per heavy atom. The van der Waals surface area contributed by atoms with Crippen LogP contribution in [0.15, 0.2) is 66.0 Å². The summed E-state index contributed by atoms with van der Waals surface area (Å²) in [5.41, 5.74) is 0.965. The maximum atomic E-state index is 14.2. The summed E-state index contributed by atoms with van der Waals surface area (Å²) < 4.78 is 14.2. The fraction of sp³-hybridized carbons (Fsp3) is 0.308. The van der Waals surface area contributed by atoms with E-state index >= 15 is 0 Å². The second-order valence-electron chi connectivity index (χ2n) is 8.30. The molecule has 1 atom stereocenters. The Kier molecular flexibility index (Phi) is 7.78. The number of thiophene rings is 1. The van der Waals surface area contributed by atoms with Gasteiger partial charge in [0, 0.05) is 21.6 Å². The van der Waals surface area contributed by atoms with Gasteiger partial charge in [0.15, 0.2) is 0 Å². The molecule has 0 saturated heterocycles. The summed E-state index contributed by atoms with van der Waals surface area (Å²) in [4.78, 5) is 29.6. The number of hydrogen-bond donors (Lipinski definition) is 1. The molecular weight excluding hydrogens is 459 g/mol. The molecule has 1 N–H and O–H groups in total. The van der Waals surface area contributed by atoms with Gasteiger partial charge in [-0.05, 0) is 60.2 Å². The van der Waals surface area contributed by atoms with Crippen LogP contribution in [0, 0.1) is 5.82 Å². The van der Waals surface area contributed by atoms with Crippen molar-refractivity contribution in [2.45, 2.75) is 50.6 Å². The van der Waals surface area contributed by atoms with E-state index in [-0.39, 0.29) is 24.3 Å². The molecule has 1 aliphatic carbocycles. The quantitative estimate of drug-likeness (QED) is 0.427. The highest BCUT2D eigenvalue weighted by Crippen LogP contribution is 2.31. The van der Waals surface area contributed by atoms with Gasteiger partial charge in [-0.2, -0.15) is 0 Å². The number of carbonyl (C=O) groups excluding carboxylic acids is 2. The average Bonchev–Trinajstić information content (AvgIpc) is 3.31. The zero-order valence-electron chi connectivity index (χ0n) is 18.2. The first kappa shape index (κ1) is 23.5. The third-order valence-corrected chi connectivity index (χ3v) is 7.03. The van der Waals surface area contributed by atoms with Gasteiger partial charge in [-0.3, -0.25) is 14.5 Å². The van der Waals surface area contributed by atoms with Crippen LogP contribution in [0.1, 0.15) is 48.6 Å². The SMILES string of the molecule is O=C(NC1CCCCC1)C(c1ccc(Cl)cc1)N(C(=O)Cc1cccs1)c1cccc(F)c1. The number of halogens is 2. The van der Waals surface area contributed by atoms with E-state index in [0.29, 0.717) is 16.3 Å². The highest BCUT2D eigenvalue weighted by atomic mass is 35.5. The van der Waals surface area contributed by atoms with Gasteiger partial charge in [0.25, 0.3) is 0 Å². The van der Waals surface area contributed by atoms with Crippen molar-refractivity contribution in [3.05, 3.63) is 87.3 Å². The van der Waals surface area contributed by atoms with Crippen LogP contribution in [0.4, 0.5) is 10.1 Å². The predicted octanol–water partition coefficient (Wildman–Crippen LogP) is 6.31. The Labute approximate surface area is 202 Å². The van der Waals surface area contributed by atoms with Crippen LogP contribution in [0.3, 0.4) is 0 Å². The largest absolute Gasteiger partial charge is 0.351 e. The van der Waals surface area contributed by atoms with Gasteiger partial charge in [0.1, 0.15) is 11.9 Å². The van der Waals surface area contributed by atoms with E-state index < -0.39 is 11.9 Å². The number of anilines is 1. The van der Waals surface area contributed by atoms with Crippen LogP contribution in [0.5, 0.6) is 0 Å². The molecule has 4 nitrogen and oxygen atoms in total. The summed E-state index contributed by atoms with van der Waals surface area (Å²) in [5.74, 6) is -1.02. The number of nitrogens with zero attached hydrogens (tertiary/aromatic N) is 1. The lowest BCUT2D eigenvalue weighted by atomic mass is 9.94. The highest BCUT2D eigenvalue weighted by molar-refractivity contribution is 7.10. The number of rotatable bonds is 7. The minimum Gasteiger partial charge on any atom is -0.351 e. The molecular formula is C26H26ClFN2O2S. The van der Waals surface area contributed by atoms with E-state index in [2.05, 4.69) is 5.32 Å². The Hall–Kier alpha value is -2.70. The van der Waals surface area contributed by atoms with E-state index in [4.69, 9.17) is 11.6 Å². The van der Waals surface area contributed by atoms with Crippen LogP contribution in [-0.2, 0) is 16.0 Å². The fourth-order valence-electron chi connectivity index (χ4n) is 4.30. The molecule has 1 saturated carbocycles. The Morgan fingerprint density at radius 2 is 1.82 bits per heavy atom. The van der Waals surface area contributed by atoms with Gasteiger partial charge in [-0.15, -0.1) is 11.3 Å². The van der Waals surface area contributed by atoms with Crippen molar-refractivity contribution < 1.29 is 14.0 Å². The molecule has 0 spiro atoms. The smallest absolute Gasteiger partial charge is 0.248 e. The van der Waals surface area contributed by atoms with E-state index in [1.54, 1.807) is 36.4 Å². The van der Waals surface area contributed by atoms with Crippen molar-refractivity contribution in [2.24, 2.45) is 0 Å². The standard InChI is InChI=1S/C26H26ClFN2O2S/c27-19-13-11-18(12-14-19)25(26(32)29-21-7-2-1-3-8-21)30(22-9-4-6-20(28)16-22)24(31)17-23-10-5-15-33-23/h4-6,9-16,21,25H,1-3,7-8,17H2,(H,29,32). The van der Waals surface area contributed by atoms with Crippen molar-refractivity contribution >= 4 is 40.4 Å². The van der Waals surface area contributed by atoms with E-state index in [1.165, 1.54) is 34.8 Å². The Balaban J connectivity index is 1.74. The molecule has 1 aliphatic rings. The first-order chi connectivity index (χ1) is 16.0. The Bertz CT molecular complexity index is 1080. The van der Waals surface area contributed by atoms with Crippen molar-refractivity contribution in [1.29, 1.82) is 0 Å². The minimum absolute atomic E-state index is 0.0720. The minimum atomic E-state index is -0.946. The molecule has 4 rings (SSSR count). The van der Waals surface area contributed by atoms with Gasteiger partial charge >= 0.3 is 0 Å². The summed E-state index contributed by atoms with van der Waals surface area (Å²) in [6, 6.07) is 15.6. The number of carbonyl (C=O) groups is 2. The summed E-state index contributed by atoms with van der Waals surface area (Å²) in [7, 11) is 0. The summed E-state index contributed by atoms with van der Waals surface area (Å²) in [6.07, 6.45) is 5.27. The van der Waals surface area contributed by atoms with Crippen molar-refractivity contribution in [2.75, 3.05) is 4.90 Å². The normalized spacial score (nSPS) is 15.1. The molecule has 172 valence electrons. The van der Waals surface area contributed by atoms with Crippen LogP contribution >= 0.6 is 22.9 Å². The van der Waals surface area contributed by atoms with Crippen molar-refractivity contribution in [3.8, 4) is 0 Å². The number of nitrogens with one attached hydrogen (secondary N) is 1. The van der Waals surface area contributed by atoms with E-state index in [1.807, 2.05) is 17.5 Å². The van der Waals surface area contributed by atoms with Crippen molar-refractivity contribution in [1.82, 2.24) is 5.32 Å². The lowest BCUT2D eigenvalue weighted by Gasteiger charge is -2.33. The number of hydrogen-bond acceptors (Lipinski definition) is 3. The first-order valence-corrected chi connectivity index (χ1v) is 12.4. The summed E-state index contributed by atoms with van der Waals surface area (Å²) >= 11 is 7.57. The van der Waals surface area contributed by atoms with E-state index in [0.717, 1.165) is 30.6 Å². The van der Waals surface area contributed by atoms with E-state index in [9.17, 15) is 14.0 Å². The molecule has 1 unspecified atom stereocenters. The van der Waals surface area contributed by atoms with Gasteiger partial charge in [-0.1, -0.05) is 55.1 Å². The third-order valence-electron chi connectivity index (χ3n) is 5.90. The predicted molar refractivity (Wildman–Crippen MR) is 131 cm³/mol. The highest BCUT2D eigenvalue weighted by Gasteiger charge is 2.34. The van der Waals surface area contributed by atoms with Crippen molar-refractivity contribution in [3.63, 3.8) is 0 Å². The third kappa shape index (κ3) is 6.01. The molecule has 33 heavy (non-hydrogen) atoms. The fourth-order valence-corrected chi connectivity index (χ4v) is 5.12. The van der Waals surface area contributed by atoms with Gasteiger partial charge in [-0.25, -0.2) is 4.39 Å². The topological polar surface area (TPSA) is 49.4 Å². The lowest BCUT2D eigenvalue weighted by molar-refractivity contribution is -0.127. The average molecular weight is 485 g/mol. The molecule has 0 radical (unpaired) electrons. The zero-order chi connectivity index (χ0) is 23.2. The molecule has 0 bridgehead atoms. The van der Waals surface area contributed by atoms with Gasteiger partial charge in [0.05, 0.1) is 6.42 Å². The molecule has 1 aromatic heterocycles. The number of benzene rings is 2. The van der Waals surface area contributed by atoms with Crippen LogP contribution in [-0.4, -0.2) is 17.9 Å². The van der Waals surface area contributed by atoms with Crippen LogP contribution < -0.4 is 10.2 Å². The summed E-state index contributed by atoms with van der Waals surface area (Å²) in [5, 5.41) is 5.59. The van der Waals surface area contributed by atoms with Crippen LogP contribution in [0.2, 0.25) is 5.02 Å². The summed E-state index contributed by atoms with van der Waals surface area (Å²) in [6.45, 7) is 0. The molecule has 2 aromatic carbocycles.